The van der Waals surface area contributed by atoms with Gasteiger partial charge in [0.25, 0.3) is 0 Å². The number of hydrogen-bond donors (Lipinski definition) is 1. The molecular weight excluding hydrogens is 276 g/mol. The number of hydrogen-bond acceptors (Lipinski definition) is 2. The smallest absolute Gasteiger partial charge is 0.225 e. The third-order valence-corrected chi connectivity index (χ3v) is 5.03. The first-order valence-corrected chi connectivity index (χ1v) is 8.06. The summed E-state index contributed by atoms with van der Waals surface area (Å²) in [6.07, 6.45) is 1.48. The lowest BCUT2D eigenvalue weighted by atomic mass is 10.0. The molecule has 1 saturated heterocycles. The zero-order valence-electron chi connectivity index (χ0n) is 13.5. The molecule has 1 heterocycles. The van der Waals surface area contributed by atoms with Gasteiger partial charge in [0.15, 0.2) is 0 Å². The van der Waals surface area contributed by atoms with Crippen LogP contribution in [0.5, 0.6) is 0 Å². The SMILES string of the molecule is Cc1cccc(C2CC2C(C)NC(=O)C2CC(=O)N(C)C2)c1. The Kier molecular flexibility index (Phi) is 3.94. The van der Waals surface area contributed by atoms with Crippen LogP contribution in [0.3, 0.4) is 0 Å². The van der Waals surface area contributed by atoms with Gasteiger partial charge in [-0.15, -0.1) is 0 Å². The van der Waals surface area contributed by atoms with Crippen LogP contribution < -0.4 is 5.32 Å². The molecule has 0 aromatic heterocycles. The summed E-state index contributed by atoms with van der Waals surface area (Å²) in [5, 5.41) is 3.12. The fraction of sp³-hybridized carbons (Fsp3) is 0.556. The number of carbonyl (C=O) groups excluding carboxylic acids is 2. The molecule has 1 aromatic carbocycles. The number of amides is 2. The summed E-state index contributed by atoms with van der Waals surface area (Å²) in [7, 11) is 1.76. The second-order valence-electron chi connectivity index (χ2n) is 6.89. The maximum absolute atomic E-state index is 12.3. The minimum atomic E-state index is -0.184. The van der Waals surface area contributed by atoms with Crippen molar-refractivity contribution in [2.45, 2.75) is 38.6 Å². The van der Waals surface area contributed by atoms with Gasteiger partial charge in [0.05, 0.1) is 5.92 Å². The van der Waals surface area contributed by atoms with Gasteiger partial charge in [0, 0.05) is 26.1 Å². The molecule has 4 atom stereocenters. The molecule has 22 heavy (non-hydrogen) atoms. The highest BCUT2D eigenvalue weighted by atomic mass is 16.2. The highest BCUT2D eigenvalue weighted by Crippen LogP contribution is 2.49. The van der Waals surface area contributed by atoms with E-state index in [1.54, 1.807) is 11.9 Å². The normalized spacial score (nSPS) is 28.6. The fourth-order valence-electron chi connectivity index (χ4n) is 3.54. The third-order valence-electron chi connectivity index (χ3n) is 5.03. The van der Waals surface area contributed by atoms with Gasteiger partial charge in [-0.05, 0) is 37.7 Å². The zero-order valence-corrected chi connectivity index (χ0v) is 13.5. The first kappa shape index (κ1) is 15.1. The van der Waals surface area contributed by atoms with E-state index in [0.717, 1.165) is 6.42 Å². The lowest BCUT2D eigenvalue weighted by Gasteiger charge is -2.17. The molecule has 1 aliphatic heterocycles. The number of aryl methyl sites for hydroxylation is 1. The molecule has 1 aliphatic carbocycles. The Labute approximate surface area is 131 Å². The monoisotopic (exact) mass is 300 g/mol. The lowest BCUT2D eigenvalue weighted by molar-refractivity contribution is -0.128. The summed E-state index contributed by atoms with van der Waals surface area (Å²) < 4.78 is 0. The van der Waals surface area contributed by atoms with E-state index in [4.69, 9.17) is 0 Å². The third kappa shape index (κ3) is 3.01. The molecule has 2 aliphatic rings. The summed E-state index contributed by atoms with van der Waals surface area (Å²) in [5.74, 6) is 0.983. The van der Waals surface area contributed by atoms with Gasteiger partial charge in [-0.3, -0.25) is 9.59 Å². The van der Waals surface area contributed by atoms with E-state index in [1.807, 2.05) is 0 Å². The second kappa shape index (κ2) is 5.75. The highest BCUT2D eigenvalue weighted by molar-refractivity contribution is 5.89. The molecule has 1 saturated carbocycles. The number of benzene rings is 1. The van der Waals surface area contributed by atoms with E-state index in [0.29, 0.717) is 24.8 Å². The number of nitrogens with one attached hydrogen (secondary N) is 1. The Balaban J connectivity index is 1.54. The predicted octanol–water partition coefficient (Wildman–Crippen LogP) is 2.08. The summed E-state index contributed by atoms with van der Waals surface area (Å²) in [6, 6.07) is 8.79. The fourth-order valence-corrected chi connectivity index (χ4v) is 3.54. The van der Waals surface area contributed by atoms with Crippen LogP contribution in [-0.4, -0.2) is 36.3 Å². The Hall–Kier alpha value is -1.84. The molecule has 0 spiro atoms. The van der Waals surface area contributed by atoms with Gasteiger partial charge in [-0.25, -0.2) is 0 Å². The number of carbonyl (C=O) groups is 2. The maximum atomic E-state index is 12.3. The van der Waals surface area contributed by atoms with Crippen LogP contribution in [0.4, 0.5) is 0 Å². The van der Waals surface area contributed by atoms with Crippen molar-refractivity contribution in [3.05, 3.63) is 35.4 Å². The summed E-state index contributed by atoms with van der Waals surface area (Å²) in [6.45, 7) is 4.74. The van der Waals surface area contributed by atoms with E-state index in [2.05, 4.69) is 43.4 Å². The number of likely N-dealkylation sites (tertiary alicyclic amines) is 1. The van der Waals surface area contributed by atoms with Gasteiger partial charge in [-0.1, -0.05) is 29.8 Å². The molecule has 2 fully saturated rings. The standard InChI is InChI=1S/C18H24N2O2/c1-11-5-4-6-13(7-11)16-9-15(16)12(2)19-18(22)14-8-17(21)20(3)10-14/h4-7,12,14-16H,8-10H2,1-3H3,(H,19,22). The second-order valence-corrected chi connectivity index (χ2v) is 6.89. The molecule has 3 rings (SSSR count). The largest absolute Gasteiger partial charge is 0.353 e. The number of nitrogens with zero attached hydrogens (tertiary/aromatic N) is 1. The average molecular weight is 300 g/mol. The molecule has 1 aromatic rings. The van der Waals surface area contributed by atoms with Crippen molar-refractivity contribution in [1.82, 2.24) is 10.2 Å². The topological polar surface area (TPSA) is 49.4 Å². The first-order valence-electron chi connectivity index (χ1n) is 8.06. The van der Waals surface area contributed by atoms with Crippen molar-refractivity contribution in [2.24, 2.45) is 11.8 Å². The highest BCUT2D eigenvalue weighted by Gasteiger charge is 2.43. The van der Waals surface area contributed by atoms with Crippen LogP contribution in [0.1, 0.15) is 36.8 Å². The first-order chi connectivity index (χ1) is 10.5. The van der Waals surface area contributed by atoms with Crippen LogP contribution in [-0.2, 0) is 9.59 Å². The van der Waals surface area contributed by atoms with Gasteiger partial charge in [0.1, 0.15) is 0 Å². The van der Waals surface area contributed by atoms with E-state index in [1.165, 1.54) is 11.1 Å². The van der Waals surface area contributed by atoms with E-state index < -0.39 is 0 Å². The van der Waals surface area contributed by atoms with Gasteiger partial charge < -0.3 is 10.2 Å². The summed E-state index contributed by atoms with van der Waals surface area (Å²) in [5.41, 5.74) is 2.66. The van der Waals surface area contributed by atoms with Gasteiger partial charge >= 0.3 is 0 Å². The maximum Gasteiger partial charge on any atom is 0.225 e. The van der Waals surface area contributed by atoms with Crippen LogP contribution in [0.25, 0.3) is 0 Å². The average Bonchev–Trinajstić information content (AvgIpc) is 3.20. The number of rotatable bonds is 4. The molecule has 4 unspecified atom stereocenters. The molecule has 118 valence electrons. The van der Waals surface area contributed by atoms with Gasteiger partial charge in [-0.2, -0.15) is 0 Å². The molecule has 0 bridgehead atoms. The van der Waals surface area contributed by atoms with Crippen molar-refractivity contribution in [2.75, 3.05) is 13.6 Å². The van der Waals surface area contributed by atoms with Crippen molar-refractivity contribution in [3.63, 3.8) is 0 Å². The van der Waals surface area contributed by atoms with Gasteiger partial charge in [0.2, 0.25) is 11.8 Å². The van der Waals surface area contributed by atoms with Crippen LogP contribution in [0.15, 0.2) is 24.3 Å². The molecule has 0 radical (unpaired) electrons. The van der Waals surface area contributed by atoms with E-state index >= 15 is 0 Å². The Morgan fingerprint density at radius 1 is 1.41 bits per heavy atom. The Bertz CT molecular complexity index is 599. The van der Waals surface area contributed by atoms with E-state index in [-0.39, 0.29) is 23.8 Å². The molecule has 4 heteroatoms. The molecular formula is C18H24N2O2. The minimum absolute atomic E-state index is 0.0279. The zero-order chi connectivity index (χ0) is 15.9. The molecule has 1 N–H and O–H groups in total. The van der Waals surface area contributed by atoms with Crippen LogP contribution in [0.2, 0.25) is 0 Å². The van der Waals surface area contributed by atoms with Crippen molar-refractivity contribution < 1.29 is 9.59 Å². The van der Waals surface area contributed by atoms with E-state index in [9.17, 15) is 9.59 Å². The Morgan fingerprint density at radius 3 is 2.82 bits per heavy atom. The summed E-state index contributed by atoms with van der Waals surface area (Å²) >= 11 is 0. The van der Waals surface area contributed by atoms with Crippen LogP contribution >= 0.6 is 0 Å². The predicted molar refractivity (Wildman–Crippen MR) is 85.4 cm³/mol. The molecule has 4 nitrogen and oxygen atoms in total. The lowest BCUT2D eigenvalue weighted by Crippen LogP contribution is -2.39. The summed E-state index contributed by atoms with van der Waals surface area (Å²) in [4.78, 5) is 25.5. The molecule has 2 amide bonds. The quantitative estimate of drug-likeness (QED) is 0.925. The van der Waals surface area contributed by atoms with Crippen LogP contribution in [0, 0.1) is 18.8 Å². The van der Waals surface area contributed by atoms with Crippen molar-refractivity contribution in [3.8, 4) is 0 Å². The van der Waals surface area contributed by atoms with Crippen molar-refractivity contribution in [1.29, 1.82) is 0 Å². The Morgan fingerprint density at radius 2 is 2.18 bits per heavy atom. The van der Waals surface area contributed by atoms with Crippen molar-refractivity contribution >= 4 is 11.8 Å². The minimum Gasteiger partial charge on any atom is -0.353 e.